The normalized spacial score (nSPS) is 45.0. The highest BCUT2D eigenvalue weighted by Gasteiger charge is 2.58. The number of carbonyl (C=O) groups excluding carboxylic acids is 4. The lowest BCUT2D eigenvalue weighted by atomic mass is 9.94. The van der Waals surface area contributed by atoms with Gasteiger partial charge in [-0.25, -0.2) is 0 Å². The summed E-state index contributed by atoms with van der Waals surface area (Å²) in [6, 6.07) is -7.39. The number of nitrogens with one attached hydrogen (secondary N) is 4. The van der Waals surface area contributed by atoms with E-state index in [9.17, 15) is 137 Å². The lowest BCUT2D eigenvalue weighted by molar-refractivity contribution is -0.376. The van der Waals surface area contributed by atoms with Crippen LogP contribution in [0, 0.1) is 0 Å². The Kier molecular flexibility index (Phi) is 31.7. The Bertz CT molecular complexity index is 2580. The fourth-order valence-corrected chi connectivity index (χ4v) is 12.5. The second kappa shape index (κ2) is 37.8. The summed E-state index contributed by atoms with van der Waals surface area (Å²) in [6.07, 6.45) is -70.4. The van der Waals surface area contributed by atoms with Crippen LogP contribution >= 0.6 is 0 Å². The van der Waals surface area contributed by atoms with Gasteiger partial charge in [-0.15, -0.1) is 0 Å². The molecule has 0 aromatic carbocycles. The van der Waals surface area contributed by atoms with Crippen LogP contribution in [0.5, 0.6) is 0 Å². The molecule has 4 amide bonds. The Labute approximate surface area is 572 Å². The topological polar surface area (TPSA) is 711 Å². The zero-order valence-electron chi connectivity index (χ0n) is 54.5. The van der Waals surface area contributed by atoms with Crippen LogP contribution in [0.25, 0.3) is 0 Å². The molecular weight excluding hydrogens is 1380 g/mol. The molecular formula is C56H96N4O41. The van der Waals surface area contributed by atoms with E-state index in [0.29, 0.717) is 0 Å². The molecule has 7 heterocycles. The summed E-state index contributed by atoms with van der Waals surface area (Å²) in [5.74, 6) is -3.66. The lowest BCUT2D eigenvalue weighted by Gasteiger charge is -2.50. The monoisotopic (exact) mass is 1480 g/mol. The van der Waals surface area contributed by atoms with E-state index in [-0.39, 0.29) is 0 Å². The average Bonchev–Trinajstić information content (AvgIpc) is 0.780. The summed E-state index contributed by atoms with van der Waals surface area (Å²) in [7, 11) is 0. The van der Waals surface area contributed by atoms with Crippen molar-refractivity contribution in [2.45, 2.75) is 267 Å². The van der Waals surface area contributed by atoms with Crippen molar-refractivity contribution in [1.82, 2.24) is 21.3 Å². The van der Waals surface area contributed by atoms with Crippen molar-refractivity contribution in [2.75, 3.05) is 59.5 Å². The Balaban J connectivity index is 1.20. The lowest BCUT2D eigenvalue weighted by Crippen LogP contribution is -2.70. The molecule has 0 unspecified atom stereocenters. The fourth-order valence-electron chi connectivity index (χ4n) is 12.5. The maximum absolute atomic E-state index is 12.9. The second-order valence-electron chi connectivity index (χ2n) is 25.2. The van der Waals surface area contributed by atoms with Crippen molar-refractivity contribution >= 4 is 23.6 Å². The van der Waals surface area contributed by atoms with Gasteiger partial charge in [0, 0.05) is 27.7 Å². The van der Waals surface area contributed by atoms with Crippen molar-refractivity contribution in [3.8, 4) is 0 Å². The fraction of sp³-hybridized carbons (Fsp3) is 0.929. The van der Waals surface area contributed by atoms with Gasteiger partial charge in [0.05, 0.1) is 65.5 Å². The highest BCUT2D eigenvalue weighted by molar-refractivity contribution is 5.74. The minimum absolute atomic E-state index is 0.869. The number of ether oxygens (including phenoxy) is 14. The molecule has 45 nitrogen and oxygen atoms in total. The van der Waals surface area contributed by atoms with Crippen molar-refractivity contribution in [2.24, 2.45) is 0 Å². The number of rotatable bonds is 30. The van der Waals surface area contributed by atoms with Gasteiger partial charge in [-0.2, -0.15) is 0 Å². The molecule has 586 valence electrons. The smallest absolute Gasteiger partial charge is 0.217 e. The zero-order valence-corrected chi connectivity index (χ0v) is 54.5. The van der Waals surface area contributed by atoms with Gasteiger partial charge in [-0.05, 0) is 0 Å². The minimum Gasteiger partial charge on any atom is -0.394 e. The second-order valence-corrected chi connectivity index (χ2v) is 25.2. The highest BCUT2D eigenvalue weighted by atomic mass is 16.8. The Hall–Kier alpha value is -3.60. The van der Waals surface area contributed by atoms with Gasteiger partial charge < -0.3 is 205 Å². The van der Waals surface area contributed by atoms with Crippen LogP contribution in [-0.4, -0.2) is 440 Å². The van der Waals surface area contributed by atoms with Crippen LogP contribution in [-0.2, 0) is 85.5 Å². The Morgan fingerprint density at radius 3 is 1.02 bits per heavy atom. The summed E-state index contributed by atoms with van der Waals surface area (Å²) in [5, 5.41) is 260. The van der Waals surface area contributed by atoms with Gasteiger partial charge in [-0.3, -0.25) is 19.2 Å². The molecule has 0 aliphatic carbocycles. The first-order valence-electron chi connectivity index (χ1n) is 32.0. The highest BCUT2D eigenvalue weighted by Crippen LogP contribution is 2.37. The molecule has 0 aromatic heterocycles. The quantitative estimate of drug-likeness (QED) is 0.0318. The summed E-state index contributed by atoms with van der Waals surface area (Å²) < 4.78 is 81.3. The molecule has 0 bridgehead atoms. The molecule has 27 N–H and O–H groups in total. The number of carbonyl (C=O) groups is 4. The maximum atomic E-state index is 12.9. The van der Waals surface area contributed by atoms with E-state index in [2.05, 4.69) is 21.3 Å². The molecule has 7 saturated heterocycles. The molecule has 39 atom stereocenters. The first-order valence-corrected chi connectivity index (χ1v) is 32.0. The third-order valence-electron chi connectivity index (χ3n) is 17.9. The number of amides is 4. The van der Waals surface area contributed by atoms with Gasteiger partial charge in [0.1, 0.15) is 189 Å². The minimum atomic E-state index is -2.52. The first-order chi connectivity index (χ1) is 47.7. The van der Waals surface area contributed by atoms with Crippen molar-refractivity contribution in [3.05, 3.63) is 0 Å². The van der Waals surface area contributed by atoms with E-state index in [1.807, 2.05) is 0 Å². The standard InChI is InChI=1S/C56H96N4O41/c1-14(68)57-18(5-61)45(30(73)19(72)12-88-50-27(58-15(2)69)35(78)46(23(9-65)93-50)98-53-41(84)38(81)31(74)20(6-62)90-53)97-56-44(87)49(101-52-29(60-17(4)71)37(80)48(25(11-67)95-52)100-55-43(86)40(83)33(76)22(8-64)92-55)34(77)26(96-56)13-89-51-28(59-16(3)70)36(79)47(24(10-66)94-51)99-54-42(85)39(82)32(75)21(7-63)91-54/h18-56,61-67,72-87H,5-13H2,1-4H3,(H,57,68)(H,58,69)(H,59,70)(H,60,71)/t18-,19+,20+,21+,22+,23+,24+,25+,26+,27+,28+,29+,30-,31-,32-,33-,34-,35+,36+,37+,38-,39-,40-,41+,42+,43+,44+,45+,46+,47+,48+,49-,50+,51+,52-,53-,54-,55-,56-/m0/s1. The molecule has 7 fully saturated rings. The van der Waals surface area contributed by atoms with E-state index in [1.54, 1.807) is 0 Å². The van der Waals surface area contributed by atoms with Gasteiger partial charge in [-0.1, -0.05) is 0 Å². The number of hydrogen-bond donors (Lipinski definition) is 27. The zero-order chi connectivity index (χ0) is 74.9. The molecule has 7 aliphatic heterocycles. The molecule has 0 aromatic rings. The van der Waals surface area contributed by atoms with E-state index in [4.69, 9.17) is 66.3 Å². The van der Waals surface area contributed by atoms with Crippen LogP contribution in [0.2, 0.25) is 0 Å². The average molecular weight is 1480 g/mol. The van der Waals surface area contributed by atoms with E-state index in [0.717, 1.165) is 27.7 Å². The number of hydrogen-bond acceptors (Lipinski definition) is 41. The van der Waals surface area contributed by atoms with E-state index in [1.165, 1.54) is 0 Å². The number of aliphatic hydroxyl groups is 23. The third-order valence-corrected chi connectivity index (χ3v) is 17.9. The predicted octanol–water partition coefficient (Wildman–Crippen LogP) is -18.2. The third kappa shape index (κ3) is 19.8. The summed E-state index contributed by atoms with van der Waals surface area (Å²) in [6.45, 7) is -5.66. The molecule has 7 aliphatic rings. The maximum Gasteiger partial charge on any atom is 0.217 e. The van der Waals surface area contributed by atoms with Crippen LogP contribution in [0.15, 0.2) is 0 Å². The van der Waals surface area contributed by atoms with Crippen LogP contribution in [0.4, 0.5) is 0 Å². The van der Waals surface area contributed by atoms with Gasteiger partial charge in [0.15, 0.2) is 44.0 Å². The van der Waals surface area contributed by atoms with Crippen LogP contribution in [0.1, 0.15) is 27.7 Å². The van der Waals surface area contributed by atoms with E-state index >= 15 is 0 Å². The molecule has 7 rings (SSSR count). The van der Waals surface area contributed by atoms with Crippen molar-refractivity contribution in [1.29, 1.82) is 0 Å². The Morgan fingerprint density at radius 2 is 0.673 bits per heavy atom. The van der Waals surface area contributed by atoms with Crippen molar-refractivity contribution < 1.29 is 203 Å². The summed E-state index contributed by atoms with van der Waals surface area (Å²) >= 11 is 0. The van der Waals surface area contributed by atoms with Crippen LogP contribution < -0.4 is 21.3 Å². The molecule has 0 spiro atoms. The predicted molar refractivity (Wildman–Crippen MR) is 313 cm³/mol. The van der Waals surface area contributed by atoms with E-state index < -0.39 is 322 Å². The largest absolute Gasteiger partial charge is 0.394 e. The van der Waals surface area contributed by atoms with Gasteiger partial charge >= 0.3 is 0 Å². The summed E-state index contributed by atoms with van der Waals surface area (Å²) in [4.78, 5) is 51.0. The van der Waals surface area contributed by atoms with Gasteiger partial charge in [0.25, 0.3) is 0 Å². The van der Waals surface area contributed by atoms with Crippen LogP contribution in [0.3, 0.4) is 0 Å². The molecule has 0 radical (unpaired) electrons. The SMILES string of the molecule is CC(=O)N[C@H]1[C@H](OC[C@@H](O)[C@H](O)[C@H](O[C@@H]2O[C@H](CO[C@@H]3O[C@H](CO)[C@@H](O[C@@H]4O[C@H](CO)[C@H](O)[C@H](O)[C@H]4O)[C@H](O)[C@H]3NC(C)=O)[C@H](O)[C@H](O[C@@H]3O[C@H](CO)[C@@H](O[C@@H]4O[C@H](CO)[C@H](O)[C@H](O)[C@H]4O)[C@H](O)[C@H]3NC(C)=O)[C@H]2O)[C@H](CO)NC(C)=O)O[C@H](CO)[C@@H](O[C@@H]2O[C@H](CO)[C@H](O)[C@H](O)[C@H]2O)[C@@H]1O. The molecule has 0 saturated carbocycles. The Morgan fingerprint density at radius 1 is 0.347 bits per heavy atom. The summed E-state index contributed by atoms with van der Waals surface area (Å²) in [5.41, 5.74) is 0. The van der Waals surface area contributed by atoms with Crippen molar-refractivity contribution in [3.63, 3.8) is 0 Å². The molecule has 45 heteroatoms. The molecule has 101 heavy (non-hydrogen) atoms. The first kappa shape index (κ1) is 84.7. The number of aliphatic hydroxyl groups excluding tert-OH is 23. The van der Waals surface area contributed by atoms with Gasteiger partial charge in [0.2, 0.25) is 23.6 Å².